The van der Waals surface area contributed by atoms with Gasteiger partial charge in [-0.3, -0.25) is 0 Å². The van der Waals surface area contributed by atoms with Gasteiger partial charge in [0.25, 0.3) is 0 Å². The van der Waals surface area contributed by atoms with Crippen LogP contribution in [0.3, 0.4) is 0 Å². The topological polar surface area (TPSA) is 0 Å². The summed E-state index contributed by atoms with van der Waals surface area (Å²) in [7, 11) is 0. The predicted molar refractivity (Wildman–Crippen MR) is 145 cm³/mol. The molecule has 0 N–H and O–H groups in total. The van der Waals surface area contributed by atoms with Gasteiger partial charge in [0.05, 0.1) is 0 Å². The van der Waals surface area contributed by atoms with Gasteiger partial charge in [-0.1, -0.05) is 130 Å². The largest absolute Gasteiger partial charge is 0.0949 e. The van der Waals surface area contributed by atoms with Gasteiger partial charge in [-0.2, -0.15) is 0 Å². The molecule has 0 saturated heterocycles. The molecule has 0 fully saturated rings. The van der Waals surface area contributed by atoms with Crippen LogP contribution in [0.25, 0.3) is 17.2 Å². The minimum absolute atomic E-state index is 0.308. The summed E-state index contributed by atoms with van der Waals surface area (Å²) < 4.78 is 0. The van der Waals surface area contributed by atoms with Crippen molar-refractivity contribution in [2.24, 2.45) is 17.8 Å². The van der Waals surface area contributed by atoms with Crippen LogP contribution < -0.4 is 0 Å². The van der Waals surface area contributed by atoms with Crippen molar-refractivity contribution in [3.05, 3.63) is 125 Å². The van der Waals surface area contributed by atoms with E-state index in [1.807, 2.05) is 0 Å². The van der Waals surface area contributed by atoms with Crippen LogP contribution in [0.1, 0.15) is 54.5 Å². The molecule has 3 unspecified atom stereocenters. The van der Waals surface area contributed by atoms with E-state index < -0.39 is 0 Å². The second-order valence-corrected chi connectivity index (χ2v) is 9.57. The molecule has 0 aromatic heterocycles. The van der Waals surface area contributed by atoms with E-state index in [1.165, 1.54) is 44.5 Å². The summed E-state index contributed by atoms with van der Waals surface area (Å²) in [4.78, 5) is 0. The minimum Gasteiger partial charge on any atom is -0.0949 e. The number of benzene rings is 3. The Labute approximate surface area is 200 Å². The first-order valence-corrected chi connectivity index (χ1v) is 12.3. The van der Waals surface area contributed by atoms with Gasteiger partial charge in [-0.25, -0.2) is 0 Å². The Morgan fingerprint density at radius 1 is 0.909 bits per heavy atom. The number of hydrogen-bond acceptors (Lipinski definition) is 0. The van der Waals surface area contributed by atoms with Crippen LogP contribution in [0, 0.1) is 24.7 Å². The van der Waals surface area contributed by atoms with E-state index in [9.17, 15) is 0 Å². The Bertz CT molecular complexity index is 1140. The molecule has 1 aliphatic carbocycles. The van der Waals surface area contributed by atoms with Crippen molar-refractivity contribution in [2.75, 3.05) is 0 Å². The van der Waals surface area contributed by atoms with Crippen LogP contribution in [0.15, 0.2) is 97.6 Å². The van der Waals surface area contributed by atoms with E-state index in [4.69, 9.17) is 0 Å². The maximum Gasteiger partial charge on any atom is 0.00950 e. The lowest BCUT2D eigenvalue weighted by Gasteiger charge is -2.36. The summed E-state index contributed by atoms with van der Waals surface area (Å²) in [5.74, 6) is 1.10. The molecule has 0 heteroatoms. The number of rotatable bonds is 8. The van der Waals surface area contributed by atoms with Crippen molar-refractivity contribution in [1.29, 1.82) is 0 Å². The summed E-state index contributed by atoms with van der Waals surface area (Å²) in [6, 6.07) is 28.4. The Morgan fingerprint density at radius 2 is 1.58 bits per heavy atom. The lowest BCUT2D eigenvalue weighted by Crippen LogP contribution is -2.24. The molecule has 0 nitrogen and oxygen atoms in total. The molecule has 0 spiro atoms. The van der Waals surface area contributed by atoms with Gasteiger partial charge < -0.3 is 0 Å². The highest BCUT2D eigenvalue weighted by Gasteiger charge is 2.32. The zero-order chi connectivity index (χ0) is 23.4. The van der Waals surface area contributed by atoms with Gasteiger partial charge in [-0.05, 0) is 65.0 Å². The molecule has 3 aromatic carbocycles. The van der Waals surface area contributed by atoms with Gasteiger partial charge in [-0.15, -0.1) is 0 Å². The smallest absolute Gasteiger partial charge is 0.00950 e. The molecule has 0 aliphatic heterocycles. The fraction of sp³-hybridized carbons (Fsp3) is 0.273. The fourth-order valence-corrected chi connectivity index (χ4v) is 5.38. The zero-order valence-corrected chi connectivity index (χ0v) is 20.4. The summed E-state index contributed by atoms with van der Waals surface area (Å²) in [5, 5.41) is 0. The summed E-state index contributed by atoms with van der Waals surface area (Å²) in [6.07, 6.45) is 5.72. The van der Waals surface area contributed by atoms with Crippen LogP contribution in [0.5, 0.6) is 0 Å². The molecule has 33 heavy (non-hydrogen) atoms. The van der Waals surface area contributed by atoms with Crippen molar-refractivity contribution in [3.63, 3.8) is 0 Å². The van der Waals surface area contributed by atoms with Crippen LogP contribution >= 0.6 is 0 Å². The third kappa shape index (κ3) is 4.96. The molecule has 3 atom stereocenters. The van der Waals surface area contributed by atoms with Crippen LogP contribution in [-0.4, -0.2) is 0 Å². The van der Waals surface area contributed by atoms with Crippen molar-refractivity contribution in [1.82, 2.24) is 0 Å². The van der Waals surface area contributed by atoms with Crippen molar-refractivity contribution >= 4 is 17.2 Å². The van der Waals surface area contributed by atoms with Crippen molar-refractivity contribution in [3.8, 4) is 0 Å². The van der Waals surface area contributed by atoms with E-state index in [2.05, 4.69) is 119 Å². The first-order valence-electron chi connectivity index (χ1n) is 12.3. The van der Waals surface area contributed by atoms with Gasteiger partial charge in [0.1, 0.15) is 0 Å². The van der Waals surface area contributed by atoms with Gasteiger partial charge in [0.2, 0.25) is 0 Å². The highest BCUT2D eigenvalue weighted by molar-refractivity contribution is 5.82. The highest BCUT2D eigenvalue weighted by atomic mass is 14.4. The van der Waals surface area contributed by atoms with Crippen molar-refractivity contribution < 1.29 is 0 Å². The van der Waals surface area contributed by atoms with E-state index in [-0.39, 0.29) is 0 Å². The van der Waals surface area contributed by atoms with E-state index in [0.717, 1.165) is 19.3 Å². The van der Waals surface area contributed by atoms with Gasteiger partial charge >= 0.3 is 0 Å². The standard InChI is InChI=1S/C33H36/c1-6-12-30(24(3)28-19-17-23(2)18-20-28)25(4)33-22-29-15-10-11-16-31(29)26(5)32(33)21-27-13-8-7-9-14-27/h7-11,13-20,22,25,30,32H,3,5-6,12,21H2,1-2,4H3. The van der Waals surface area contributed by atoms with Gasteiger partial charge in [0, 0.05) is 5.92 Å². The fourth-order valence-electron chi connectivity index (χ4n) is 5.38. The van der Waals surface area contributed by atoms with Crippen LogP contribution in [-0.2, 0) is 6.42 Å². The molecule has 3 aromatic rings. The Morgan fingerprint density at radius 3 is 2.27 bits per heavy atom. The second kappa shape index (κ2) is 10.2. The predicted octanol–water partition coefficient (Wildman–Crippen LogP) is 9.03. The molecular weight excluding hydrogens is 396 g/mol. The van der Waals surface area contributed by atoms with Crippen LogP contribution in [0.2, 0.25) is 0 Å². The third-order valence-electron chi connectivity index (χ3n) is 7.33. The first-order chi connectivity index (χ1) is 16.0. The maximum absolute atomic E-state index is 4.62. The van der Waals surface area contributed by atoms with Crippen LogP contribution in [0.4, 0.5) is 0 Å². The van der Waals surface area contributed by atoms with E-state index in [1.54, 1.807) is 0 Å². The molecule has 0 amide bonds. The molecule has 0 heterocycles. The Kier molecular flexibility index (Phi) is 7.14. The molecular formula is C33H36. The average Bonchev–Trinajstić information content (AvgIpc) is 2.84. The Hall–Kier alpha value is -3.12. The maximum atomic E-state index is 4.62. The lowest BCUT2D eigenvalue weighted by atomic mass is 9.68. The molecule has 168 valence electrons. The monoisotopic (exact) mass is 432 g/mol. The number of hydrogen-bond donors (Lipinski definition) is 0. The summed E-state index contributed by atoms with van der Waals surface area (Å²) >= 11 is 0. The molecule has 0 bridgehead atoms. The SMILES string of the molecule is C=C1c2ccccc2C=C(C(C)C(CCC)C(=C)c2ccc(C)cc2)C1Cc1ccccc1. The lowest BCUT2D eigenvalue weighted by molar-refractivity contribution is 0.441. The number of allylic oxidation sites excluding steroid dienone is 3. The molecule has 0 saturated carbocycles. The van der Waals surface area contributed by atoms with E-state index in [0.29, 0.717) is 17.8 Å². The van der Waals surface area contributed by atoms with E-state index >= 15 is 0 Å². The molecule has 1 aliphatic rings. The van der Waals surface area contributed by atoms with Gasteiger partial charge in [0.15, 0.2) is 0 Å². The van der Waals surface area contributed by atoms with Crippen molar-refractivity contribution in [2.45, 2.75) is 40.0 Å². The zero-order valence-electron chi connectivity index (χ0n) is 20.4. The average molecular weight is 433 g/mol. The molecule has 4 rings (SSSR count). The number of aryl methyl sites for hydroxylation is 1. The quantitative estimate of drug-likeness (QED) is 0.333. The minimum atomic E-state index is 0.308. The third-order valence-corrected chi connectivity index (χ3v) is 7.33. The Balaban J connectivity index is 1.74. The first kappa shape index (κ1) is 23.1. The summed E-state index contributed by atoms with van der Waals surface area (Å²) in [6.45, 7) is 16.1. The summed E-state index contributed by atoms with van der Waals surface area (Å²) in [5.41, 5.74) is 10.5. The molecule has 0 radical (unpaired) electrons. The normalized spacial score (nSPS) is 17.1. The second-order valence-electron chi connectivity index (χ2n) is 9.57. The number of fused-ring (bicyclic) bond motifs is 1. The highest BCUT2D eigenvalue weighted by Crippen LogP contribution is 2.46.